The van der Waals surface area contributed by atoms with Crippen LogP contribution in [0.1, 0.15) is 13.3 Å². The molecule has 1 N–H and O–H groups in total. The molecule has 0 spiro atoms. The highest BCUT2D eigenvalue weighted by atomic mass is 16.5. The standard InChI is InChI=1S/C14H19N3O3/c1-3-19-10-4-9-15-14-16-13(17-20-14)11-5-7-12(18-2)8-6-11/h5-8H,3-4,9-10H2,1-2H3,(H,15,16,17). The molecule has 0 fully saturated rings. The number of ether oxygens (including phenoxy) is 2. The minimum atomic E-state index is 0.423. The lowest BCUT2D eigenvalue weighted by Crippen LogP contribution is -2.05. The molecule has 0 saturated carbocycles. The second-order valence-electron chi connectivity index (χ2n) is 4.13. The Morgan fingerprint density at radius 1 is 1.25 bits per heavy atom. The van der Waals surface area contributed by atoms with Gasteiger partial charge in [-0.25, -0.2) is 0 Å². The third-order valence-electron chi connectivity index (χ3n) is 2.72. The number of rotatable bonds is 8. The van der Waals surface area contributed by atoms with E-state index in [9.17, 15) is 0 Å². The Kier molecular flexibility index (Phi) is 5.37. The zero-order valence-corrected chi connectivity index (χ0v) is 11.8. The predicted molar refractivity (Wildman–Crippen MR) is 75.9 cm³/mol. The smallest absolute Gasteiger partial charge is 0.321 e. The summed E-state index contributed by atoms with van der Waals surface area (Å²) < 4.78 is 15.5. The third kappa shape index (κ3) is 3.96. The van der Waals surface area contributed by atoms with E-state index in [0.717, 1.165) is 37.5 Å². The molecule has 0 saturated heterocycles. The quantitative estimate of drug-likeness (QED) is 0.748. The number of aromatic nitrogens is 2. The van der Waals surface area contributed by atoms with Crippen LogP contribution in [0.2, 0.25) is 0 Å². The van der Waals surface area contributed by atoms with Gasteiger partial charge in [0, 0.05) is 25.3 Å². The maximum atomic E-state index is 5.25. The first-order valence-electron chi connectivity index (χ1n) is 6.63. The van der Waals surface area contributed by atoms with Gasteiger partial charge >= 0.3 is 6.01 Å². The molecular weight excluding hydrogens is 258 g/mol. The van der Waals surface area contributed by atoms with Crippen LogP contribution in [0.3, 0.4) is 0 Å². The van der Waals surface area contributed by atoms with E-state index in [1.807, 2.05) is 31.2 Å². The van der Waals surface area contributed by atoms with Crippen LogP contribution in [0, 0.1) is 0 Å². The van der Waals surface area contributed by atoms with E-state index < -0.39 is 0 Å². The summed E-state index contributed by atoms with van der Waals surface area (Å²) in [6.07, 6.45) is 0.897. The van der Waals surface area contributed by atoms with E-state index in [1.54, 1.807) is 7.11 Å². The highest BCUT2D eigenvalue weighted by Crippen LogP contribution is 2.20. The summed E-state index contributed by atoms with van der Waals surface area (Å²) in [5.74, 6) is 1.35. The molecule has 0 aliphatic rings. The molecule has 2 rings (SSSR count). The van der Waals surface area contributed by atoms with Gasteiger partial charge in [0.05, 0.1) is 7.11 Å². The van der Waals surface area contributed by atoms with Crippen LogP contribution in [0.25, 0.3) is 11.4 Å². The van der Waals surface area contributed by atoms with Gasteiger partial charge in [-0.1, -0.05) is 5.16 Å². The Morgan fingerprint density at radius 2 is 2.05 bits per heavy atom. The lowest BCUT2D eigenvalue weighted by Gasteiger charge is -2.01. The fourth-order valence-electron chi connectivity index (χ4n) is 1.67. The highest BCUT2D eigenvalue weighted by molar-refractivity contribution is 5.56. The van der Waals surface area contributed by atoms with Gasteiger partial charge in [0.25, 0.3) is 0 Å². The molecule has 0 amide bonds. The summed E-state index contributed by atoms with van der Waals surface area (Å²) in [7, 11) is 1.63. The van der Waals surface area contributed by atoms with Crippen LogP contribution in [0.15, 0.2) is 28.8 Å². The molecule has 0 aliphatic heterocycles. The second-order valence-corrected chi connectivity index (χ2v) is 4.13. The van der Waals surface area contributed by atoms with Crippen molar-refractivity contribution in [2.75, 3.05) is 32.2 Å². The molecule has 2 aromatic rings. The lowest BCUT2D eigenvalue weighted by atomic mass is 10.2. The number of nitrogens with one attached hydrogen (secondary N) is 1. The maximum Gasteiger partial charge on any atom is 0.321 e. The summed E-state index contributed by atoms with van der Waals surface area (Å²) in [5.41, 5.74) is 0.886. The van der Waals surface area contributed by atoms with Gasteiger partial charge in [-0.3, -0.25) is 0 Å². The van der Waals surface area contributed by atoms with Crippen LogP contribution in [-0.2, 0) is 4.74 Å². The van der Waals surface area contributed by atoms with Crippen molar-refractivity contribution in [1.82, 2.24) is 10.1 Å². The Labute approximate surface area is 118 Å². The number of nitrogens with zero attached hydrogens (tertiary/aromatic N) is 2. The molecule has 0 aliphatic carbocycles. The second kappa shape index (κ2) is 7.49. The first kappa shape index (κ1) is 14.3. The van der Waals surface area contributed by atoms with Gasteiger partial charge in [-0.05, 0) is 37.6 Å². The fraction of sp³-hybridized carbons (Fsp3) is 0.429. The molecule has 1 aromatic carbocycles. The van der Waals surface area contributed by atoms with Crippen LogP contribution >= 0.6 is 0 Å². The molecule has 6 nitrogen and oxygen atoms in total. The van der Waals surface area contributed by atoms with Crippen molar-refractivity contribution >= 4 is 6.01 Å². The van der Waals surface area contributed by atoms with Gasteiger partial charge < -0.3 is 19.3 Å². The zero-order chi connectivity index (χ0) is 14.2. The molecule has 1 heterocycles. The van der Waals surface area contributed by atoms with E-state index in [-0.39, 0.29) is 0 Å². The van der Waals surface area contributed by atoms with Crippen LogP contribution in [0.4, 0.5) is 6.01 Å². The van der Waals surface area contributed by atoms with Crippen molar-refractivity contribution in [1.29, 1.82) is 0 Å². The van der Waals surface area contributed by atoms with Gasteiger partial charge in [0.1, 0.15) is 5.75 Å². The molecule has 0 unspecified atom stereocenters. The number of anilines is 1. The predicted octanol–water partition coefficient (Wildman–Crippen LogP) is 2.58. The van der Waals surface area contributed by atoms with E-state index in [2.05, 4.69) is 15.5 Å². The Bertz CT molecular complexity index is 511. The van der Waals surface area contributed by atoms with Gasteiger partial charge in [-0.15, -0.1) is 0 Å². The number of hydrogen-bond donors (Lipinski definition) is 1. The van der Waals surface area contributed by atoms with E-state index >= 15 is 0 Å². The average molecular weight is 277 g/mol. The van der Waals surface area contributed by atoms with Crippen molar-refractivity contribution < 1.29 is 14.0 Å². The molecular formula is C14H19N3O3. The monoisotopic (exact) mass is 277 g/mol. The van der Waals surface area contributed by atoms with Crippen LogP contribution in [-0.4, -0.2) is 37.0 Å². The number of benzene rings is 1. The van der Waals surface area contributed by atoms with Crippen LogP contribution < -0.4 is 10.1 Å². The van der Waals surface area contributed by atoms with Gasteiger partial charge in [-0.2, -0.15) is 4.98 Å². The Balaban J connectivity index is 1.87. The Hall–Kier alpha value is -2.08. The maximum absolute atomic E-state index is 5.25. The summed E-state index contributed by atoms with van der Waals surface area (Å²) in [6.45, 7) is 4.18. The summed E-state index contributed by atoms with van der Waals surface area (Å²) in [5, 5.41) is 7.01. The number of methoxy groups -OCH3 is 1. The topological polar surface area (TPSA) is 69.4 Å². The van der Waals surface area contributed by atoms with Crippen molar-refractivity contribution in [2.24, 2.45) is 0 Å². The Morgan fingerprint density at radius 3 is 2.75 bits per heavy atom. The largest absolute Gasteiger partial charge is 0.497 e. The zero-order valence-electron chi connectivity index (χ0n) is 11.8. The van der Waals surface area contributed by atoms with Crippen LogP contribution in [0.5, 0.6) is 5.75 Å². The van der Waals surface area contributed by atoms with Gasteiger partial charge in [0.15, 0.2) is 0 Å². The first-order valence-corrected chi connectivity index (χ1v) is 6.63. The van der Waals surface area contributed by atoms with E-state index in [4.69, 9.17) is 14.0 Å². The van der Waals surface area contributed by atoms with Crippen molar-refractivity contribution in [3.8, 4) is 17.1 Å². The lowest BCUT2D eigenvalue weighted by molar-refractivity contribution is 0.147. The highest BCUT2D eigenvalue weighted by Gasteiger charge is 2.07. The minimum absolute atomic E-state index is 0.423. The third-order valence-corrected chi connectivity index (χ3v) is 2.72. The van der Waals surface area contributed by atoms with E-state index in [1.165, 1.54) is 0 Å². The summed E-state index contributed by atoms with van der Waals surface area (Å²) in [4.78, 5) is 4.28. The summed E-state index contributed by atoms with van der Waals surface area (Å²) in [6, 6.07) is 7.93. The molecule has 0 atom stereocenters. The minimum Gasteiger partial charge on any atom is -0.497 e. The molecule has 0 radical (unpaired) electrons. The summed E-state index contributed by atoms with van der Waals surface area (Å²) >= 11 is 0. The number of hydrogen-bond acceptors (Lipinski definition) is 6. The van der Waals surface area contributed by atoms with Crippen molar-refractivity contribution in [3.05, 3.63) is 24.3 Å². The molecule has 1 aromatic heterocycles. The first-order chi connectivity index (χ1) is 9.83. The normalized spacial score (nSPS) is 10.5. The van der Waals surface area contributed by atoms with Crippen molar-refractivity contribution in [2.45, 2.75) is 13.3 Å². The molecule has 20 heavy (non-hydrogen) atoms. The van der Waals surface area contributed by atoms with E-state index in [0.29, 0.717) is 11.8 Å². The molecule has 108 valence electrons. The SMILES string of the molecule is CCOCCCNc1nc(-c2ccc(OC)cc2)no1. The molecule has 6 heteroatoms. The molecule has 0 bridgehead atoms. The fourth-order valence-corrected chi connectivity index (χ4v) is 1.67. The van der Waals surface area contributed by atoms with Crippen molar-refractivity contribution in [3.63, 3.8) is 0 Å². The average Bonchev–Trinajstić information content (AvgIpc) is 2.96. The van der Waals surface area contributed by atoms with Gasteiger partial charge in [0.2, 0.25) is 5.82 Å².